The van der Waals surface area contributed by atoms with Gasteiger partial charge in [-0.15, -0.1) is 0 Å². The Hall–Kier alpha value is -2.43. The maximum atomic E-state index is 11.5. The summed E-state index contributed by atoms with van der Waals surface area (Å²) >= 11 is 0. The summed E-state index contributed by atoms with van der Waals surface area (Å²) in [6, 6.07) is 3.75. The van der Waals surface area contributed by atoms with E-state index in [4.69, 9.17) is 0 Å². The Morgan fingerprint density at radius 3 is 2.83 bits per heavy atom. The molecule has 5 heteroatoms. The molecule has 1 N–H and O–H groups in total. The molecular weight excluding hydrogens is 230 g/mol. The summed E-state index contributed by atoms with van der Waals surface area (Å²) < 4.78 is 4.67. The van der Waals surface area contributed by atoms with Crippen LogP contribution in [0.1, 0.15) is 16.1 Å². The zero-order valence-electron chi connectivity index (χ0n) is 10.0. The van der Waals surface area contributed by atoms with Crippen LogP contribution >= 0.6 is 0 Å². The third-order valence-corrected chi connectivity index (χ3v) is 2.87. The van der Waals surface area contributed by atoms with Gasteiger partial charge in [-0.3, -0.25) is 0 Å². The Morgan fingerprint density at radius 2 is 2.06 bits per heavy atom. The van der Waals surface area contributed by atoms with E-state index in [-0.39, 0.29) is 0 Å². The molecule has 3 heterocycles. The number of aryl methyl sites for hydroxylation is 1. The van der Waals surface area contributed by atoms with E-state index in [1.165, 1.54) is 7.11 Å². The van der Waals surface area contributed by atoms with Crippen molar-refractivity contribution in [1.29, 1.82) is 0 Å². The molecule has 0 saturated carbocycles. The van der Waals surface area contributed by atoms with Crippen molar-refractivity contribution in [2.45, 2.75) is 6.92 Å². The van der Waals surface area contributed by atoms with Crippen LogP contribution in [0.15, 0.2) is 24.5 Å². The van der Waals surface area contributed by atoms with Crippen molar-refractivity contribution in [2.75, 3.05) is 7.11 Å². The number of rotatable bonds is 1. The number of ether oxygens (including phenoxy) is 1. The van der Waals surface area contributed by atoms with Crippen LogP contribution in [0.5, 0.6) is 0 Å². The zero-order chi connectivity index (χ0) is 12.7. The molecule has 18 heavy (non-hydrogen) atoms. The summed E-state index contributed by atoms with van der Waals surface area (Å²) in [7, 11) is 1.34. The van der Waals surface area contributed by atoms with Crippen LogP contribution in [0.3, 0.4) is 0 Å². The van der Waals surface area contributed by atoms with Gasteiger partial charge in [0.05, 0.1) is 18.8 Å². The van der Waals surface area contributed by atoms with Gasteiger partial charge in [0.2, 0.25) is 0 Å². The molecule has 0 bridgehead atoms. The molecule has 0 unspecified atom stereocenters. The van der Waals surface area contributed by atoms with Crippen molar-refractivity contribution >= 4 is 27.9 Å². The van der Waals surface area contributed by atoms with Gasteiger partial charge in [-0.1, -0.05) is 0 Å². The van der Waals surface area contributed by atoms with Gasteiger partial charge in [-0.2, -0.15) is 0 Å². The number of aromatic nitrogens is 3. The topological polar surface area (TPSA) is 67.9 Å². The number of hydrogen-bond acceptors (Lipinski definition) is 4. The zero-order valence-corrected chi connectivity index (χ0v) is 10.0. The molecule has 0 fully saturated rings. The number of hydrogen-bond donors (Lipinski definition) is 1. The molecule has 0 saturated heterocycles. The van der Waals surface area contributed by atoms with E-state index >= 15 is 0 Å². The van der Waals surface area contributed by atoms with Gasteiger partial charge in [0.1, 0.15) is 11.3 Å². The van der Waals surface area contributed by atoms with Crippen LogP contribution < -0.4 is 0 Å². The number of aromatic amines is 1. The Balaban J connectivity index is 2.34. The van der Waals surface area contributed by atoms with E-state index in [0.717, 1.165) is 27.5 Å². The Morgan fingerprint density at radius 1 is 1.22 bits per heavy atom. The first-order chi connectivity index (χ1) is 8.69. The molecule has 0 spiro atoms. The molecule has 0 atom stereocenters. The number of nitrogens with zero attached hydrogens (tertiary/aromatic N) is 2. The van der Waals surface area contributed by atoms with Crippen LogP contribution in [-0.4, -0.2) is 28.0 Å². The van der Waals surface area contributed by atoms with Crippen LogP contribution in [0, 0.1) is 6.92 Å². The lowest BCUT2D eigenvalue weighted by Crippen LogP contribution is -2.03. The highest BCUT2D eigenvalue weighted by Crippen LogP contribution is 2.24. The van der Waals surface area contributed by atoms with Gasteiger partial charge in [0.15, 0.2) is 0 Å². The molecular formula is C13H11N3O2. The number of pyridine rings is 2. The van der Waals surface area contributed by atoms with E-state index in [1.54, 1.807) is 18.5 Å². The number of H-pyrrole nitrogens is 1. The smallest absolute Gasteiger partial charge is 0.356 e. The average molecular weight is 241 g/mol. The second-order valence-electron chi connectivity index (χ2n) is 4.14. The number of fused-ring (bicyclic) bond motifs is 3. The molecule has 0 amide bonds. The minimum atomic E-state index is -0.438. The largest absolute Gasteiger partial charge is 0.464 e. The molecule has 5 nitrogen and oxygen atoms in total. The maximum absolute atomic E-state index is 11.5. The number of methoxy groups -OCH3 is 1. The molecule has 90 valence electrons. The monoisotopic (exact) mass is 241 g/mol. The van der Waals surface area contributed by atoms with E-state index in [9.17, 15) is 4.79 Å². The quantitative estimate of drug-likeness (QED) is 0.663. The fourth-order valence-electron chi connectivity index (χ4n) is 2.00. The van der Waals surface area contributed by atoms with Gasteiger partial charge in [0.25, 0.3) is 0 Å². The fraction of sp³-hybridized carbons (Fsp3) is 0.154. The van der Waals surface area contributed by atoms with E-state index in [1.807, 2.05) is 13.0 Å². The molecule has 0 aliphatic rings. The predicted molar refractivity (Wildman–Crippen MR) is 67.5 cm³/mol. The summed E-state index contributed by atoms with van der Waals surface area (Å²) in [6.45, 7) is 1.98. The van der Waals surface area contributed by atoms with Crippen LogP contribution in [0.4, 0.5) is 0 Å². The summed E-state index contributed by atoms with van der Waals surface area (Å²) in [5, 5.41) is 1.91. The molecule has 0 aliphatic carbocycles. The second-order valence-corrected chi connectivity index (χ2v) is 4.14. The van der Waals surface area contributed by atoms with Crippen molar-refractivity contribution in [3.8, 4) is 0 Å². The second kappa shape index (κ2) is 3.80. The fourth-order valence-corrected chi connectivity index (χ4v) is 2.00. The maximum Gasteiger partial charge on any atom is 0.356 e. The number of carbonyl (C=O) groups excluding carboxylic acids is 1. The third kappa shape index (κ3) is 1.52. The Kier molecular flexibility index (Phi) is 2.26. The number of esters is 1. The lowest BCUT2D eigenvalue weighted by Gasteiger charge is -1.98. The van der Waals surface area contributed by atoms with Crippen molar-refractivity contribution in [2.24, 2.45) is 0 Å². The minimum Gasteiger partial charge on any atom is -0.464 e. The van der Waals surface area contributed by atoms with Crippen molar-refractivity contribution in [3.63, 3.8) is 0 Å². The van der Waals surface area contributed by atoms with Crippen LogP contribution in [0.25, 0.3) is 21.9 Å². The van der Waals surface area contributed by atoms with Crippen molar-refractivity contribution in [3.05, 3.63) is 35.8 Å². The predicted octanol–water partition coefficient (Wildman–Crippen LogP) is 2.21. The molecule has 3 aromatic rings. The summed E-state index contributed by atoms with van der Waals surface area (Å²) in [5.74, 6) is -0.438. The van der Waals surface area contributed by atoms with E-state index in [2.05, 4.69) is 19.7 Å². The van der Waals surface area contributed by atoms with Crippen LogP contribution in [0.2, 0.25) is 0 Å². The molecule has 0 aromatic carbocycles. The number of nitrogens with one attached hydrogen (secondary N) is 1. The first-order valence-corrected chi connectivity index (χ1v) is 5.51. The van der Waals surface area contributed by atoms with Crippen LogP contribution in [-0.2, 0) is 4.74 Å². The molecule has 3 rings (SSSR count). The highest BCUT2D eigenvalue weighted by molar-refractivity contribution is 6.07. The van der Waals surface area contributed by atoms with Gasteiger partial charge in [-0.05, 0) is 24.6 Å². The van der Waals surface area contributed by atoms with Gasteiger partial charge in [-0.25, -0.2) is 14.8 Å². The SMILES string of the molecule is COC(=O)c1cc2c(cn1)[nH]c1ncc(C)cc12. The summed E-state index contributed by atoms with van der Waals surface area (Å²) in [5.41, 5.74) is 3.02. The summed E-state index contributed by atoms with van der Waals surface area (Å²) in [6.07, 6.45) is 3.42. The van der Waals surface area contributed by atoms with E-state index in [0.29, 0.717) is 5.69 Å². The van der Waals surface area contributed by atoms with Gasteiger partial charge in [0, 0.05) is 17.0 Å². The van der Waals surface area contributed by atoms with Gasteiger partial charge < -0.3 is 9.72 Å². The first kappa shape index (κ1) is 10.7. The highest BCUT2D eigenvalue weighted by Gasteiger charge is 2.11. The van der Waals surface area contributed by atoms with Gasteiger partial charge >= 0.3 is 5.97 Å². The summed E-state index contributed by atoms with van der Waals surface area (Å²) in [4.78, 5) is 23.0. The standard InChI is InChI=1S/C13H11N3O2/c1-7-3-9-8-4-10(13(17)18-2)14-6-11(8)16-12(9)15-5-7/h3-6H,1-2H3,(H,15,16). The first-order valence-electron chi connectivity index (χ1n) is 5.51. The molecule has 0 aliphatic heterocycles. The van der Waals surface area contributed by atoms with Crippen molar-refractivity contribution in [1.82, 2.24) is 15.0 Å². The number of carbonyl (C=O) groups is 1. The lowest BCUT2D eigenvalue weighted by molar-refractivity contribution is 0.0594. The minimum absolute atomic E-state index is 0.299. The Bertz CT molecular complexity index is 761. The third-order valence-electron chi connectivity index (χ3n) is 2.87. The Labute approximate surface area is 103 Å². The van der Waals surface area contributed by atoms with Crippen molar-refractivity contribution < 1.29 is 9.53 Å². The van der Waals surface area contributed by atoms with E-state index < -0.39 is 5.97 Å². The normalized spacial score (nSPS) is 11.0. The molecule has 0 radical (unpaired) electrons. The highest BCUT2D eigenvalue weighted by atomic mass is 16.5. The molecule has 3 aromatic heterocycles. The lowest BCUT2D eigenvalue weighted by atomic mass is 10.2. The average Bonchev–Trinajstić information content (AvgIpc) is 2.75.